The summed E-state index contributed by atoms with van der Waals surface area (Å²) in [6.07, 6.45) is 2.18. The number of sulfonamides is 1. The number of fused-ring (bicyclic) bond motifs is 1. The third kappa shape index (κ3) is 4.08. The standard InChI is InChI=1S/C24H28N4O4S2/c1-15(2)23-25-22(26-32-23)20-13-21(16(3)33-20)34(30,31)27-11-6-8-18(14-27)24(29)28-12-10-17-7-4-5-9-19(17)28/h4-5,7,9,13,15,18H,6,8,10-12,14H2,1-3H3. The average molecular weight is 501 g/mol. The van der Waals surface area contributed by atoms with Gasteiger partial charge >= 0.3 is 0 Å². The van der Waals surface area contributed by atoms with Gasteiger partial charge in [-0.2, -0.15) is 9.29 Å². The Morgan fingerprint density at radius 1 is 1.24 bits per heavy atom. The Balaban J connectivity index is 1.36. The second-order valence-electron chi connectivity index (χ2n) is 9.21. The maximum absolute atomic E-state index is 13.6. The van der Waals surface area contributed by atoms with Crippen LogP contribution in [0.15, 0.2) is 39.8 Å². The molecule has 10 heteroatoms. The minimum Gasteiger partial charge on any atom is -0.339 e. The van der Waals surface area contributed by atoms with Gasteiger partial charge in [-0.05, 0) is 43.9 Å². The number of rotatable bonds is 5. The summed E-state index contributed by atoms with van der Waals surface area (Å²) in [7, 11) is -3.75. The van der Waals surface area contributed by atoms with E-state index in [2.05, 4.69) is 10.1 Å². The van der Waals surface area contributed by atoms with Crippen LogP contribution in [0.4, 0.5) is 5.69 Å². The zero-order valence-corrected chi connectivity index (χ0v) is 21.2. The lowest BCUT2D eigenvalue weighted by molar-refractivity contribution is -0.123. The average Bonchev–Trinajstić information content (AvgIpc) is 3.56. The van der Waals surface area contributed by atoms with Gasteiger partial charge in [-0.3, -0.25) is 4.79 Å². The van der Waals surface area contributed by atoms with Gasteiger partial charge in [-0.25, -0.2) is 8.42 Å². The molecule has 2 aromatic heterocycles. The molecular formula is C24H28N4O4S2. The van der Waals surface area contributed by atoms with Gasteiger partial charge in [0.15, 0.2) is 0 Å². The Labute approximate surface area is 203 Å². The Morgan fingerprint density at radius 2 is 2.03 bits per heavy atom. The van der Waals surface area contributed by atoms with E-state index in [1.54, 1.807) is 13.0 Å². The van der Waals surface area contributed by atoms with Crippen LogP contribution in [0.1, 0.15) is 48.9 Å². The molecule has 1 aromatic carbocycles. The first-order chi connectivity index (χ1) is 16.3. The van der Waals surface area contributed by atoms with Gasteiger partial charge in [0, 0.05) is 36.1 Å². The molecule has 0 radical (unpaired) electrons. The van der Waals surface area contributed by atoms with Gasteiger partial charge in [0.05, 0.1) is 15.7 Å². The van der Waals surface area contributed by atoms with Crippen LogP contribution in [-0.4, -0.2) is 48.4 Å². The van der Waals surface area contributed by atoms with E-state index >= 15 is 0 Å². The van der Waals surface area contributed by atoms with Crippen molar-refractivity contribution in [3.63, 3.8) is 0 Å². The molecule has 0 spiro atoms. The van der Waals surface area contributed by atoms with Gasteiger partial charge in [-0.15, -0.1) is 11.3 Å². The number of hydrogen-bond acceptors (Lipinski definition) is 7. The molecule has 1 saturated heterocycles. The molecule has 0 bridgehead atoms. The van der Waals surface area contributed by atoms with Crippen molar-refractivity contribution in [1.82, 2.24) is 14.4 Å². The Hall–Kier alpha value is -2.56. The summed E-state index contributed by atoms with van der Waals surface area (Å²) in [4.78, 5) is 21.2. The fourth-order valence-electron chi connectivity index (χ4n) is 4.69. The predicted molar refractivity (Wildman–Crippen MR) is 130 cm³/mol. The molecule has 2 aliphatic heterocycles. The molecule has 1 atom stereocenters. The minimum absolute atomic E-state index is 0.0144. The van der Waals surface area contributed by atoms with E-state index in [1.807, 2.05) is 43.0 Å². The topological polar surface area (TPSA) is 96.6 Å². The Morgan fingerprint density at radius 3 is 2.79 bits per heavy atom. The van der Waals surface area contributed by atoms with Crippen LogP contribution < -0.4 is 4.90 Å². The van der Waals surface area contributed by atoms with Crippen molar-refractivity contribution in [2.75, 3.05) is 24.5 Å². The number of aryl methyl sites for hydroxylation is 1. The maximum atomic E-state index is 13.6. The van der Waals surface area contributed by atoms with E-state index in [9.17, 15) is 13.2 Å². The molecule has 1 fully saturated rings. The number of anilines is 1. The normalized spacial score (nSPS) is 19.1. The van der Waals surface area contributed by atoms with Crippen molar-refractivity contribution >= 4 is 33.0 Å². The van der Waals surface area contributed by atoms with Crippen molar-refractivity contribution < 1.29 is 17.7 Å². The fourth-order valence-corrected chi connectivity index (χ4v) is 7.70. The molecule has 2 aliphatic rings. The Bertz CT molecular complexity index is 1330. The first-order valence-corrected chi connectivity index (χ1v) is 13.8. The summed E-state index contributed by atoms with van der Waals surface area (Å²) in [5.41, 5.74) is 2.12. The SMILES string of the molecule is Cc1sc(-c2noc(C(C)C)n2)cc1S(=O)(=O)N1CCCC(C(=O)N2CCc3ccccc32)C1. The summed E-state index contributed by atoms with van der Waals surface area (Å²) in [6, 6.07) is 9.57. The summed E-state index contributed by atoms with van der Waals surface area (Å²) in [5, 5.41) is 4.02. The van der Waals surface area contributed by atoms with Crippen LogP contribution >= 0.6 is 11.3 Å². The van der Waals surface area contributed by atoms with E-state index in [1.165, 1.54) is 21.2 Å². The lowest BCUT2D eigenvalue weighted by Crippen LogP contribution is -2.46. The van der Waals surface area contributed by atoms with Crippen molar-refractivity contribution in [1.29, 1.82) is 0 Å². The van der Waals surface area contributed by atoms with Crippen LogP contribution in [0, 0.1) is 12.8 Å². The molecule has 3 aromatic rings. The van der Waals surface area contributed by atoms with Gasteiger partial charge in [0.1, 0.15) is 0 Å². The number of hydrogen-bond donors (Lipinski definition) is 0. The van der Waals surface area contributed by atoms with E-state index in [0.29, 0.717) is 47.4 Å². The van der Waals surface area contributed by atoms with Crippen molar-refractivity contribution in [3.05, 3.63) is 46.7 Å². The number of aromatic nitrogens is 2. The Kier molecular flexibility index (Phi) is 6.07. The number of benzene rings is 1. The number of amides is 1. The zero-order chi connectivity index (χ0) is 24.0. The highest BCUT2D eigenvalue weighted by molar-refractivity contribution is 7.89. The molecule has 4 heterocycles. The lowest BCUT2D eigenvalue weighted by Gasteiger charge is -2.33. The van der Waals surface area contributed by atoms with Gasteiger partial charge in [0.2, 0.25) is 27.6 Å². The number of nitrogens with zero attached hydrogens (tertiary/aromatic N) is 4. The molecule has 0 aliphatic carbocycles. The molecule has 34 heavy (non-hydrogen) atoms. The highest BCUT2D eigenvalue weighted by atomic mass is 32.2. The van der Waals surface area contributed by atoms with E-state index in [4.69, 9.17) is 4.52 Å². The van der Waals surface area contributed by atoms with Crippen LogP contribution in [0.5, 0.6) is 0 Å². The van der Waals surface area contributed by atoms with E-state index < -0.39 is 10.0 Å². The van der Waals surface area contributed by atoms with E-state index in [-0.39, 0.29) is 29.2 Å². The third-order valence-electron chi connectivity index (χ3n) is 6.53. The second kappa shape index (κ2) is 8.90. The fraction of sp³-hybridized carbons (Fsp3) is 0.458. The molecular weight excluding hydrogens is 472 g/mol. The monoisotopic (exact) mass is 500 g/mol. The van der Waals surface area contributed by atoms with Gasteiger partial charge in [-0.1, -0.05) is 37.2 Å². The number of carbonyl (C=O) groups excluding carboxylic acids is 1. The minimum atomic E-state index is -3.75. The molecule has 5 rings (SSSR count). The van der Waals surface area contributed by atoms with Crippen LogP contribution in [0.2, 0.25) is 0 Å². The first-order valence-electron chi connectivity index (χ1n) is 11.6. The van der Waals surface area contributed by atoms with Crippen molar-refractivity contribution in [2.45, 2.75) is 50.8 Å². The smallest absolute Gasteiger partial charge is 0.244 e. The van der Waals surface area contributed by atoms with E-state index in [0.717, 1.165) is 12.1 Å². The largest absolute Gasteiger partial charge is 0.339 e. The zero-order valence-electron chi connectivity index (χ0n) is 19.5. The number of piperidine rings is 1. The van der Waals surface area contributed by atoms with Gasteiger partial charge < -0.3 is 9.42 Å². The summed E-state index contributed by atoms with van der Waals surface area (Å²) in [6.45, 7) is 6.97. The molecule has 180 valence electrons. The van der Waals surface area contributed by atoms with Crippen molar-refractivity contribution in [3.8, 4) is 10.7 Å². The highest BCUT2D eigenvalue weighted by Gasteiger charge is 2.38. The quantitative estimate of drug-likeness (QED) is 0.520. The lowest BCUT2D eigenvalue weighted by atomic mass is 9.98. The first kappa shape index (κ1) is 23.2. The summed E-state index contributed by atoms with van der Waals surface area (Å²) in [5.74, 6) is 0.680. The maximum Gasteiger partial charge on any atom is 0.244 e. The second-order valence-corrected chi connectivity index (χ2v) is 12.4. The number of carbonyl (C=O) groups is 1. The van der Waals surface area contributed by atoms with Crippen LogP contribution in [0.25, 0.3) is 10.7 Å². The molecule has 0 saturated carbocycles. The van der Waals surface area contributed by atoms with Crippen molar-refractivity contribution in [2.24, 2.45) is 5.92 Å². The number of para-hydroxylation sites is 1. The highest BCUT2D eigenvalue weighted by Crippen LogP contribution is 2.36. The summed E-state index contributed by atoms with van der Waals surface area (Å²) < 4.78 is 34.0. The molecule has 0 N–H and O–H groups in total. The van der Waals surface area contributed by atoms with Crippen LogP contribution in [0.3, 0.4) is 0 Å². The molecule has 8 nitrogen and oxygen atoms in total. The van der Waals surface area contributed by atoms with Crippen LogP contribution in [-0.2, 0) is 21.2 Å². The predicted octanol–water partition coefficient (Wildman–Crippen LogP) is 4.22. The molecule has 1 amide bonds. The number of thiophene rings is 1. The third-order valence-corrected chi connectivity index (χ3v) is 9.70. The molecule has 1 unspecified atom stereocenters. The summed E-state index contributed by atoms with van der Waals surface area (Å²) >= 11 is 1.34. The van der Waals surface area contributed by atoms with Gasteiger partial charge in [0.25, 0.3) is 0 Å².